The molecule has 104 valence electrons. The van der Waals surface area contributed by atoms with Gasteiger partial charge in [0.2, 0.25) is 0 Å². The van der Waals surface area contributed by atoms with Gasteiger partial charge in [0.15, 0.2) is 0 Å². The summed E-state index contributed by atoms with van der Waals surface area (Å²) in [4.78, 5) is 14.5. The van der Waals surface area contributed by atoms with E-state index in [1.54, 1.807) is 0 Å². The van der Waals surface area contributed by atoms with E-state index in [0.717, 1.165) is 18.8 Å². The molecule has 19 heavy (non-hydrogen) atoms. The molecule has 1 aromatic carbocycles. The van der Waals surface area contributed by atoms with Gasteiger partial charge in [-0.1, -0.05) is 12.1 Å². The van der Waals surface area contributed by atoms with Crippen LogP contribution in [0, 0.1) is 5.92 Å². The van der Waals surface area contributed by atoms with Gasteiger partial charge in [0, 0.05) is 25.8 Å². The van der Waals surface area contributed by atoms with Gasteiger partial charge in [-0.25, -0.2) is 0 Å². The molecule has 2 N–H and O–H groups in total. The summed E-state index contributed by atoms with van der Waals surface area (Å²) in [5.41, 5.74) is 1.59. The van der Waals surface area contributed by atoms with Crippen LogP contribution in [0.15, 0.2) is 24.3 Å². The van der Waals surface area contributed by atoms with Gasteiger partial charge in [-0.15, -0.1) is 0 Å². The number of carbonyl (C=O) groups is 1. The Labute approximate surface area is 115 Å². The minimum absolute atomic E-state index is 0.0122. The zero-order valence-electron chi connectivity index (χ0n) is 11.8. The number of piperidine rings is 1. The Morgan fingerprint density at radius 2 is 2.21 bits per heavy atom. The zero-order chi connectivity index (χ0) is 13.7. The molecular formula is C15H23N3O. The monoisotopic (exact) mass is 261 g/mol. The van der Waals surface area contributed by atoms with Crippen molar-refractivity contribution in [3.8, 4) is 0 Å². The Balaban J connectivity index is 1.90. The van der Waals surface area contributed by atoms with E-state index in [2.05, 4.69) is 22.6 Å². The molecule has 0 bridgehead atoms. The number of carbonyl (C=O) groups excluding carboxylic acids is 1. The molecule has 0 radical (unpaired) electrons. The standard InChI is InChI=1S/C15H23N3O/c1-16-14-8-4-3-7-13(14)15(19)17-10-12-6-5-9-18(2)11-12/h3-4,7-8,12,16H,5-6,9-11H2,1-2H3,(H,17,19). The van der Waals surface area contributed by atoms with Crippen LogP contribution in [0.2, 0.25) is 0 Å². The summed E-state index contributed by atoms with van der Waals surface area (Å²) in [7, 11) is 3.98. The molecule has 1 aromatic rings. The molecule has 4 nitrogen and oxygen atoms in total. The predicted molar refractivity (Wildman–Crippen MR) is 78.5 cm³/mol. The fraction of sp³-hybridized carbons (Fsp3) is 0.533. The van der Waals surface area contributed by atoms with Crippen molar-refractivity contribution >= 4 is 11.6 Å². The van der Waals surface area contributed by atoms with E-state index in [9.17, 15) is 4.79 Å². The highest BCUT2D eigenvalue weighted by Gasteiger charge is 2.18. The van der Waals surface area contributed by atoms with Crippen LogP contribution in [-0.2, 0) is 0 Å². The van der Waals surface area contributed by atoms with Crippen molar-refractivity contribution in [1.29, 1.82) is 0 Å². The van der Waals surface area contributed by atoms with Crippen molar-refractivity contribution in [1.82, 2.24) is 10.2 Å². The first kappa shape index (κ1) is 13.9. The number of rotatable bonds is 4. The first-order chi connectivity index (χ1) is 9.20. The van der Waals surface area contributed by atoms with Crippen LogP contribution in [0.5, 0.6) is 0 Å². The molecule has 1 unspecified atom stereocenters. The van der Waals surface area contributed by atoms with Crippen molar-refractivity contribution < 1.29 is 4.79 Å². The lowest BCUT2D eigenvalue weighted by atomic mass is 9.98. The van der Waals surface area contributed by atoms with Crippen LogP contribution in [-0.4, -0.2) is 44.5 Å². The fourth-order valence-corrected chi connectivity index (χ4v) is 2.67. The Bertz CT molecular complexity index is 433. The highest BCUT2D eigenvalue weighted by molar-refractivity contribution is 5.99. The lowest BCUT2D eigenvalue weighted by molar-refractivity contribution is 0.0937. The average Bonchev–Trinajstić information content (AvgIpc) is 2.45. The lowest BCUT2D eigenvalue weighted by Crippen LogP contribution is -2.39. The maximum absolute atomic E-state index is 12.2. The van der Waals surface area contributed by atoms with Gasteiger partial charge < -0.3 is 15.5 Å². The molecule has 1 heterocycles. The molecule has 0 spiro atoms. The summed E-state index contributed by atoms with van der Waals surface area (Å²) >= 11 is 0. The van der Waals surface area contributed by atoms with Gasteiger partial charge in [0.1, 0.15) is 0 Å². The molecule has 1 aliphatic heterocycles. The molecule has 4 heteroatoms. The Morgan fingerprint density at radius 3 is 2.95 bits per heavy atom. The number of hydrogen-bond donors (Lipinski definition) is 2. The molecule has 1 aliphatic rings. The number of anilines is 1. The number of nitrogens with one attached hydrogen (secondary N) is 2. The van der Waals surface area contributed by atoms with Gasteiger partial charge in [-0.3, -0.25) is 4.79 Å². The molecule has 2 rings (SSSR count). The third kappa shape index (κ3) is 3.70. The normalized spacial score (nSPS) is 20.0. The Morgan fingerprint density at radius 1 is 1.42 bits per heavy atom. The minimum Gasteiger partial charge on any atom is -0.387 e. The van der Waals surface area contributed by atoms with E-state index in [4.69, 9.17) is 0 Å². The zero-order valence-corrected chi connectivity index (χ0v) is 11.8. The minimum atomic E-state index is 0.0122. The Kier molecular flexibility index (Phi) is 4.80. The molecule has 1 amide bonds. The van der Waals surface area contributed by atoms with Gasteiger partial charge in [-0.2, -0.15) is 0 Å². The topological polar surface area (TPSA) is 44.4 Å². The first-order valence-corrected chi connectivity index (χ1v) is 6.94. The second kappa shape index (κ2) is 6.57. The highest BCUT2D eigenvalue weighted by Crippen LogP contribution is 2.16. The van der Waals surface area contributed by atoms with Gasteiger partial charge in [0.25, 0.3) is 5.91 Å². The summed E-state index contributed by atoms with van der Waals surface area (Å²) in [5.74, 6) is 0.586. The lowest BCUT2D eigenvalue weighted by Gasteiger charge is -2.29. The molecule has 1 fully saturated rings. The number of para-hydroxylation sites is 1. The Hall–Kier alpha value is -1.55. The third-order valence-electron chi connectivity index (χ3n) is 3.71. The van der Waals surface area contributed by atoms with Crippen molar-refractivity contribution in [2.45, 2.75) is 12.8 Å². The molecule has 1 saturated heterocycles. The van der Waals surface area contributed by atoms with Crippen LogP contribution < -0.4 is 10.6 Å². The molecular weight excluding hydrogens is 238 g/mol. The van der Waals surface area contributed by atoms with Crippen molar-refractivity contribution in [3.63, 3.8) is 0 Å². The average molecular weight is 261 g/mol. The quantitative estimate of drug-likeness (QED) is 0.868. The number of likely N-dealkylation sites (tertiary alicyclic amines) is 1. The number of benzene rings is 1. The van der Waals surface area contributed by atoms with E-state index in [0.29, 0.717) is 11.5 Å². The maximum Gasteiger partial charge on any atom is 0.253 e. The third-order valence-corrected chi connectivity index (χ3v) is 3.71. The summed E-state index contributed by atoms with van der Waals surface area (Å²) in [6.45, 7) is 3.02. The molecule has 0 aromatic heterocycles. The number of amides is 1. The second-order valence-corrected chi connectivity index (χ2v) is 5.28. The summed E-state index contributed by atoms with van der Waals surface area (Å²) in [6, 6.07) is 7.60. The van der Waals surface area contributed by atoms with Gasteiger partial charge in [-0.05, 0) is 44.5 Å². The van der Waals surface area contributed by atoms with E-state index in [1.165, 1.54) is 19.4 Å². The van der Waals surface area contributed by atoms with Crippen molar-refractivity contribution in [3.05, 3.63) is 29.8 Å². The summed E-state index contributed by atoms with van der Waals surface area (Å²) in [5, 5.41) is 6.11. The molecule has 1 atom stereocenters. The fourth-order valence-electron chi connectivity index (χ4n) is 2.67. The van der Waals surface area contributed by atoms with E-state index in [-0.39, 0.29) is 5.91 Å². The van der Waals surface area contributed by atoms with Gasteiger partial charge >= 0.3 is 0 Å². The smallest absolute Gasteiger partial charge is 0.253 e. The SMILES string of the molecule is CNc1ccccc1C(=O)NCC1CCCN(C)C1. The van der Waals surface area contributed by atoms with E-state index >= 15 is 0 Å². The van der Waals surface area contributed by atoms with Crippen molar-refractivity contribution in [2.75, 3.05) is 39.0 Å². The molecule has 0 saturated carbocycles. The van der Waals surface area contributed by atoms with Crippen LogP contribution in [0.25, 0.3) is 0 Å². The first-order valence-electron chi connectivity index (χ1n) is 6.94. The largest absolute Gasteiger partial charge is 0.387 e. The second-order valence-electron chi connectivity index (χ2n) is 5.28. The number of nitrogens with zero attached hydrogens (tertiary/aromatic N) is 1. The van der Waals surface area contributed by atoms with Crippen LogP contribution in [0.4, 0.5) is 5.69 Å². The van der Waals surface area contributed by atoms with Crippen LogP contribution >= 0.6 is 0 Å². The van der Waals surface area contributed by atoms with E-state index < -0.39 is 0 Å². The summed E-state index contributed by atoms with van der Waals surface area (Å²) in [6.07, 6.45) is 2.43. The summed E-state index contributed by atoms with van der Waals surface area (Å²) < 4.78 is 0. The number of hydrogen-bond acceptors (Lipinski definition) is 3. The highest BCUT2D eigenvalue weighted by atomic mass is 16.1. The van der Waals surface area contributed by atoms with Gasteiger partial charge in [0.05, 0.1) is 5.56 Å². The van der Waals surface area contributed by atoms with Crippen molar-refractivity contribution in [2.24, 2.45) is 5.92 Å². The van der Waals surface area contributed by atoms with Crippen LogP contribution in [0.1, 0.15) is 23.2 Å². The van der Waals surface area contributed by atoms with Crippen LogP contribution in [0.3, 0.4) is 0 Å². The maximum atomic E-state index is 12.2. The predicted octanol–water partition coefficient (Wildman–Crippen LogP) is 1.80. The molecule has 0 aliphatic carbocycles. The van der Waals surface area contributed by atoms with E-state index in [1.807, 2.05) is 31.3 Å².